The Hall–Kier alpha value is -2.11. The molecule has 0 bridgehead atoms. The largest absolute Gasteiger partial charge is 0.480 e. The van der Waals surface area contributed by atoms with Gasteiger partial charge in [-0.15, -0.1) is 0 Å². The summed E-state index contributed by atoms with van der Waals surface area (Å²) in [5.41, 5.74) is -0.770. The molecule has 1 saturated carbocycles. The normalized spacial score (nSPS) is 17.5. The first-order valence-electron chi connectivity index (χ1n) is 6.90. The van der Waals surface area contributed by atoms with E-state index in [-0.39, 0.29) is 5.82 Å². The van der Waals surface area contributed by atoms with Crippen molar-refractivity contribution in [1.29, 1.82) is 0 Å². The van der Waals surface area contributed by atoms with Gasteiger partial charge in [0.05, 0.1) is 6.04 Å². The van der Waals surface area contributed by atoms with Gasteiger partial charge in [0.1, 0.15) is 11.4 Å². The first-order chi connectivity index (χ1) is 9.87. The van der Waals surface area contributed by atoms with Gasteiger partial charge in [-0.05, 0) is 32.3 Å². The molecule has 0 heterocycles. The molecule has 2 amide bonds. The lowest BCUT2D eigenvalue weighted by Crippen LogP contribution is -2.61. The smallest absolute Gasteiger partial charge is 0.329 e. The minimum Gasteiger partial charge on any atom is -0.480 e. The number of urea groups is 1. The number of halogens is 1. The molecule has 6 heteroatoms. The molecule has 1 aromatic rings. The monoisotopic (exact) mass is 294 g/mol. The number of nitrogens with zero attached hydrogens (tertiary/aromatic N) is 1. The molecule has 2 N–H and O–H groups in total. The maximum Gasteiger partial charge on any atom is 0.329 e. The number of amides is 2. The summed E-state index contributed by atoms with van der Waals surface area (Å²) in [5.74, 6) is -1.41. The lowest BCUT2D eigenvalue weighted by Gasteiger charge is -2.40. The second-order valence-corrected chi connectivity index (χ2v) is 5.48. The van der Waals surface area contributed by atoms with E-state index in [9.17, 15) is 19.1 Å². The lowest BCUT2D eigenvalue weighted by atomic mass is 9.77. The maximum atomic E-state index is 13.8. The first-order valence-corrected chi connectivity index (χ1v) is 6.90. The van der Waals surface area contributed by atoms with Crippen LogP contribution in [0, 0.1) is 5.82 Å². The number of hydrogen-bond acceptors (Lipinski definition) is 2. The van der Waals surface area contributed by atoms with Crippen molar-refractivity contribution >= 4 is 12.0 Å². The molecule has 0 spiro atoms. The molecular weight excluding hydrogens is 275 g/mol. The predicted octanol–water partition coefficient (Wildman–Crippen LogP) is 2.54. The molecule has 0 aromatic heterocycles. The fraction of sp³-hybridized carbons (Fsp3) is 0.467. The molecule has 5 nitrogen and oxygen atoms in total. The summed E-state index contributed by atoms with van der Waals surface area (Å²) in [4.78, 5) is 24.8. The van der Waals surface area contributed by atoms with E-state index in [0.29, 0.717) is 18.4 Å². The Kier molecular flexibility index (Phi) is 4.16. The SMILES string of the molecule is CC(c1ccccc1F)N(C)C(=O)NC1(C(=O)O)CCC1. The van der Waals surface area contributed by atoms with E-state index in [1.807, 2.05) is 0 Å². The molecule has 1 aromatic carbocycles. The Morgan fingerprint density at radius 1 is 1.38 bits per heavy atom. The molecular formula is C15H19FN2O3. The molecule has 0 aliphatic heterocycles. The number of hydrogen-bond donors (Lipinski definition) is 2. The summed E-state index contributed by atoms with van der Waals surface area (Å²) >= 11 is 0. The van der Waals surface area contributed by atoms with Gasteiger partial charge < -0.3 is 15.3 Å². The third kappa shape index (κ3) is 2.84. The molecule has 0 radical (unpaired) electrons. The van der Waals surface area contributed by atoms with Crippen LogP contribution < -0.4 is 5.32 Å². The molecule has 114 valence electrons. The number of carboxylic acid groups (broad SMARTS) is 1. The van der Waals surface area contributed by atoms with Gasteiger partial charge in [0.2, 0.25) is 0 Å². The Morgan fingerprint density at radius 3 is 2.48 bits per heavy atom. The molecule has 1 atom stereocenters. The van der Waals surface area contributed by atoms with Crippen molar-refractivity contribution in [3.05, 3.63) is 35.6 Å². The number of aliphatic carboxylic acids is 1. The van der Waals surface area contributed by atoms with Crippen molar-refractivity contribution in [1.82, 2.24) is 10.2 Å². The number of benzene rings is 1. The topological polar surface area (TPSA) is 69.6 Å². The van der Waals surface area contributed by atoms with Crippen LogP contribution >= 0.6 is 0 Å². The molecule has 1 aliphatic rings. The van der Waals surface area contributed by atoms with E-state index in [4.69, 9.17) is 0 Å². The van der Waals surface area contributed by atoms with Crippen LogP contribution in [0.15, 0.2) is 24.3 Å². The quantitative estimate of drug-likeness (QED) is 0.896. The number of carboxylic acids is 1. The Morgan fingerprint density at radius 2 is 2.00 bits per heavy atom. The Bertz CT molecular complexity index is 558. The summed E-state index contributed by atoms with van der Waals surface area (Å²) in [5, 5.41) is 11.8. The van der Waals surface area contributed by atoms with Crippen LogP contribution in [0.3, 0.4) is 0 Å². The fourth-order valence-corrected chi connectivity index (χ4v) is 2.41. The zero-order chi connectivity index (χ0) is 15.6. The number of carbonyl (C=O) groups excluding carboxylic acids is 1. The minimum absolute atomic E-state index is 0.388. The second kappa shape index (κ2) is 5.71. The van der Waals surface area contributed by atoms with Crippen LogP contribution in [0.5, 0.6) is 0 Å². The maximum absolute atomic E-state index is 13.8. The van der Waals surface area contributed by atoms with Gasteiger partial charge in [-0.3, -0.25) is 0 Å². The van der Waals surface area contributed by atoms with Crippen LogP contribution in [0.4, 0.5) is 9.18 Å². The van der Waals surface area contributed by atoms with Crippen molar-refractivity contribution in [2.75, 3.05) is 7.05 Å². The molecule has 1 aliphatic carbocycles. The zero-order valence-corrected chi connectivity index (χ0v) is 12.1. The van der Waals surface area contributed by atoms with E-state index in [1.165, 1.54) is 18.0 Å². The summed E-state index contributed by atoms with van der Waals surface area (Å²) in [6.07, 6.45) is 1.63. The van der Waals surface area contributed by atoms with Gasteiger partial charge in [-0.25, -0.2) is 14.0 Å². The number of carbonyl (C=O) groups is 2. The van der Waals surface area contributed by atoms with E-state index in [2.05, 4.69) is 5.32 Å². The van der Waals surface area contributed by atoms with Crippen LogP contribution in [-0.4, -0.2) is 34.6 Å². The summed E-state index contributed by atoms with van der Waals surface area (Å²) in [6.45, 7) is 1.70. The van der Waals surface area contributed by atoms with Gasteiger partial charge in [-0.2, -0.15) is 0 Å². The van der Waals surface area contributed by atoms with Crippen LogP contribution in [0.1, 0.15) is 37.8 Å². The van der Waals surface area contributed by atoms with Gasteiger partial charge in [0.25, 0.3) is 0 Å². The number of rotatable bonds is 4. The third-order valence-electron chi connectivity index (χ3n) is 4.22. The predicted molar refractivity (Wildman–Crippen MR) is 75.3 cm³/mol. The Balaban J connectivity index is 2.09. The van der Waals surface area contributed by atoms with E-state index in [0.717, 1.165) is 6.42 Å². The number of nitrogens with one attached hydrogen (secondary N) is 1. The fourth-order valence-electron chi connectivity index (χ4n) is 2.41. The highest BCUT2D eigenvalue weighted by Crippen LogP contribution is 2.32. The van der Waals surface area contributed by atoms with E-state index < -0.39 is 23.6 Å². The molecule has 1 unspecified atom stereocenters. The van der Waals surface area contributed by atoms with Gasteiger partial charge in [0, 0.05) is 12.6 Å². The van der Waals surface area contributed by atoms with Crippen molar-refractivity contribution in [2.45, 2.75) is 37.8 Å². The van der Waals surface area contributed by atoms with E-state index >= 15 is 0 Å². The average Bonchev–Trinajstić information content (AvgIpc) is 2.41. The molecule has 2 rings (SSSR count). The van der Waals surface area contributed by atoms with Crippen molar-refractivity contribution in [3.63, 3.8) is 0 Å². The summed E-state index contributed by atoms with van der Waals surface area (Å²) in [7, 11) is 1.53. The van der Waals surface area contributed by atoms with E-state index in [1.54, 1.807) is 25.1 Å². The molecule has 0 saturated heterocycles. The average molecular weight is 294 g/mol. The highest BCUT2D eigenvalue weighted by Gasteiger charge is 2.46. The highest BCUT2D eigenvalue weighted by molar-refractivity contribution is 5.87. The molecule has 1 fully saturated rings. The van der Waals surface area contributed by atoms with Crippen LogP contribution in [-0.2, 0) is 4.79 Å². The summed E-state index contributed by atoms with van der Waals surface area (Å²) in [6, 6.07) is 5.23. The summed E-state index contributed by atoms with van der Waals surface area (Å²) < 4.78 is 13.8. The van der Waals surface area contributed by atoms with Crippen molar-refractivity contribution < 1.29 is 19.1 Å². The standard InChI is InChI=1S/C15H19FN2O3/c1-10(11-6-3-4-7-12(11)16)18(2)14(21)17-15(13(19)20)8-5-9-15/h3-4,6-7,10H,5,8-9H2,1-2H3,(H,17,21)(H,19,20). The van der Waals surface area contributed by atoms with Crippen molar-refractivity contribution in [2.24, 2.45) is 0 Å². The Labute approximate surface area is 122 Å². The van der Waals surface area contributed by atoms with Crippen molar-refractivity contribution in [3.8, 4) is 0 Å². The minimum atomic E-state index is -1.17. The van der Waals surface area contributed by atoms with Crippen LogP contribution in [0.25, 0.3) is 0 Å². The lowest BCUT2D eigenvalue weighted by molar-refractivity contribution is -0.148. The second-order valence-electron chi connectivity index (χ2n) is 5.48. The van der Waals surface area contributed by atoms with Gasteiger partial charge in [0.15, 0.2) is 0 Å². The van der Waals surface area contributed by atoms with Gasteiger partial charge in [-0.1, -0.05) is 18.2 Å². The molecule has 21 heavy (non-hydrogen) atoms. The third-order valence-corrected chi connectivity index (χ3v) is 4.22. The highest BCUT2D eigenvalue weighted by atomic mass is 19.1. The van der Waals surface area contributed by atoms with Gasteiger partial charge >= 0.3 is 12.0 Å². The zero-order valence-electron chi connectivity index (χ0n) is 12.1. The van der Waals surface area contributed by atoms with Crippen LogP contribution in [0.2, 0.25) is 0 Å². The first kappa shape index (κ1) is 15.3.